The van der Waals surface area contributed by atoms with E-state index in [1.54, 1.807) is 0 Å². The number of hydrogen-bond donors (Lipinski definition) is 0. The molecule has 0 fully saturated rings. The summed E-state index contributed by atoms with van der Waals surface area (Å²) in [6, 6.07) is 20.8. The summed E-state index contributed by atoms with van der Waals surface area (Å²) in [4.78, 5) is 0. The molecule has 24 heavy (non-hydrogen) atoms. The van der Waals surface area contributed by atoms with Gasteiger partial charge >= 0.3 is 26.2 Å². The minimum Gasteiger partial charge on any atom is -1.00 e. The molecular formula is C20H15Cl3Zr. The predicted octanol–water partition coefficient (Wildman–Crippen LogP) is 0.190. The molecule has 0 aromatic heterocycles. The van der Waals surface area contributed by atoms with Crippen molar-refractivity contribution in [2.75, 3.05) is 0 Å². The molecule has 0 spiro atoms. The smallest absolute Gasteiger partial charge is 1.00 e. The minimum atomic E-state index is 0. The molecule has 0 aliphatic heterocycles. The third kappa shape index (κ3) is 6.30. The normalized spacial score (nSPS) is 10.9. The number of benzene rings is 2. The first-order valence-corrected chi connectivity index (χ1v) is 7.34. The van der Waals surface area contributed by atoms with Gasteiger partial charge in [-0.05, 0) is 0 Å². The monoisotopic (exact) mass is 450 g/mol. The van der Waals surface area contributed by atoms with Crippen LogP contribution in [0.5, 0.6) is 0 Å². The Bertz CT molecular complexity index is 743. The van der Waals surface area contributed by atoms with Crippen molar-refractivity contribution in [3.05, 3.63) is 90.0 Å². The van der Waals surface area contributed by atoms with Crippen LogP contribution < -0.4 is 24.8 Å². The quantitative estimate of drug-likeness (QED) is 0.463. The molecule has 0 heterocycles. The fraction of sp³-hybridized carbons (Fsp3) is 0.0500. The van der Waals surface area contributed by atoms with E-state index in [9.17, 15) is 0 Å². The first-order chi connectivity index (χ1) is 10.3. The first kappa shape index (κ1) is 23.3. The average molecular weight is 453 g/mol. The second-order valence-electron chi connectivity index (χ2n) is 4.88. The summed E-state index contributed by atoms with van der Waals surface area (Å²) >= 11 is 5.88. The van der Waals surface area contributed by atoms with Crippen LogP contribution in [-0.2, 0) is 26.2 Å². The maximum absolute atomic E-state index is 5.88. The van der Waals surface area contributed by atoms with Gasteiger partial charge in [0.25, 0.3) is 0 Å². The molecule has 3 aromatic rings. The second-order valence-corrected chi connectivity index (χ2v) is 5.32. The van der Waals surface area contributed by atoms with Crippen LogP contribution in [0.4, 0.5) is 0 Å². The van der Waals surface area contributed by atoms with Crippen LogP contribution in [0, 0.1) is 6.08 Å². The number of rotatable bonds is 1. The maximum atomic E-state index is 5.88. The van der Waals surface area contributed by atoms with Gasteiger partial charge < -0.3 is 24.8 Å². The largest absolute Gasteiger partial charge is 4.00 e. The van der Waals surface area contributed by atoms with E-state index in [0.717, 1.165) is 11.4 Å². The zero-order valence-corrected chi connectivity index (χ0v) is 17.6. The van der Waals surface area contributed by atoms with E-state index in [1.165, 1.54) is 21.9 Å². The Kier molecular flexibility index (Phi) is 11.4. The molecule has 0 unspecified atom stereocenters. The van der Waals surface area contributed by atoms with Crippen molar-refractivity contribution < 1.29 is 51.0 Å². The van der Waals surface area contributed by atoms with Crippen molar-refractivity contribution in [2.24, 2.45) is 0 Å². The number of allylic oxidation sites excluding steroid dienone is 4. The van der Waals surface area contributed by atoms with E-state index in [4.69, 9.17) is 11.6 Å². The molecular weight excluding hydrogens is 438 g/mol. The Morgan fingerprint density at radius 3 is 2.21 bits per heavy atom. The topological polar surface area (TPSA) is 0 Å². The van der Waals surface area contributed by atoms with Gasteiger partial charge in [-0.1, -0.05) is 59.6 Å². The van der Waals surface area contributed by atoms with Gasteiger partial charge in [0.15, 0.2) is 0 Å². The van der Waals surface area contributed by atoms with E-state index >= 15 is 0 Å². The van der Waals surface area contributed by atoms with Gasteiger partial charge in [-0.25, -0.2) is 12.2 Å². The molecule has 0 nitrogen and oxygen atoms in total. The SMILES string of the molecule is Clc1ccc(-c2cc3ccccc3[cH-]2)cc1.[C-]1=CC=CC1.[Cl-].[Cl-].[Zr+4]. The van der Waals surface area contributed by atoms with Crippen LogP contribution >= 0.6 is 11.6 Å². The standard InChI is InChI=1S/C15H10Cl.C5H5.2ClH.Zr/c16-15-7-5-11(6-8-15)14-9-12-3-1-2-4-13(12)10-14;1-2-4-5-3-1;;;/h1-10H;1-3H,4H2;2*1H;/q2*-1;;;+4/p-2. The Hall–Kier alpha value is -0.717. The van der Waals surface area contributed by atoms with Crippen LogP contribution in [0.2, 0.25) is 5.02 Å². The zero-order valence-electron chi connectivity index (χ0n) is 12.8. The molecule has 4 rings (SSSR count). The van der Waals surface area contributed by atoms with Gasteiger partial charge in [-0.3, -0.25) is 6.08 Å². The molecule has 0 N–H and O–H groups in total. The van der Waals surface area contributed by atoms with Gasteiger partial charge in [-0.2, -0.15) is 6.08 Å². The maximum Gasteiger partial charge on any atom is 4.00 e. The number of hydrogen-bond acceptors (Lipinski definition) is 0. The summed E-state index contributed by atoms with van der Waals surface area (Å²) in [7, 11) is 0. The van der Waals surface area contributed by atoms with Crippen molar-refractivity contribution in [3.8, 4) is 11.1 Å². The Balaban J connectivity index is 0.000000578. The van der Waals surface area contributed by atoms with Crippen molar-refractivity contribution in [1.82, 2.24) is 0 Å². The third-order valence-electron chi connectivity index (χ3n) is 3.38. The Morgan fingerprint density at radius 2 is 1.67 bits per heavy atom. The molecule has 1 aliphatic carbocycles. The van der Waals surface area contributed by atoms with Crippen LogP contribution in [0.3, 0.4) is 0 Å². The van der Waals surface area contributed by atoms with Gasteiger partial charge in [0.2, 0.25) is 0 Å². The van der Waals surface area contributed by atoms with E-state index in [2.05, 4.69) is 60.7 Å². The van der Waals surface area contributed by atoms with E-state index < -0.39 is 0 Å². The number of fused-ring (bicyclic) bond motifs is 1. The van der Waals surface area contributed by atoms with Crippen LogP contribution in [-0.4, -0.2) is 0 Å². The summed E-state index contributed by atoms with van der Waals surface area (Å²) in [5.74, 6) is 0. The first-order valence-electron chi connectivity index (χ1n) is 6.96. The van der Waals surface area contributed by atoms with Gasteiger partial charge in [-0.15, -0.1) is 41.0 Å². The fourth-order valence-corrected chi connectivity index (χ4v) is 2.43. The summed E-state index contributed by atoms with van der Waals surface area (Å²) in [5.41, 5.74) is 2.46. The molecule has 120 valence electrons. The summed E-state index contributed by atoms with van der Waals surface area (Å²) in [6.45, 7) is 0. The van der Waals surface area contributed by atoms with Crippen molar-refractivity contribution in [3.63, 3.8) is 0 Å². The number of halogens is 3. The van der Waals surface area contributed by atoms with Gasteiger partial charge in [0.05, 0.1) is 0 Å². The van der Waals surface area contributed by atoms with Gasteiger partial charge in [0.1, 0.15) is 0 Å². The zero-order chi connectivity index (χ0) is 14.5. The fourth-order valence-electron chi connectivity index (χ4n) is 2.30. The van der Waals surface area contributed by atoms with E-state index in [1.807, 2.05) is 24.3 Å². The average Bonchev–Trinajstić information content (AvgIpc) is 3.20. The third-order valence-corrected chi connectivity index (χ3v) is 3.63. The van der Waals surface area contributed by atoms with E-state index in [0.29, 0.717) is 0 Å². The second kappa shape index (κ2) is 11.8. The summed E-state index contributed by atoms with van der Waals surface area (Å²) in [5, 5.41) is 3.35. The predicted molar refractivity (Wildman–Crippen MR) is 91.6 cm³/mol. The van der Waals surface area contributed by atoms with Crippen molar-refractivity contribution in [2.45, 2.75) is 6.42 Å². The molecule has 0 bridgehead atoms. The van der Waals surface area contributed by atoms with Crippen LogP contribution in [0.25, 0.3) is 21.9 Å². The van der Waals surface area contributed by atoms with E-state index in [-0.39, 0.29) is 51.0 Å². The minimum absolute atomic E-state index is 0. The Morgan fingerprint density at radius 1 is 0.958 bits per heavy atom. The molecule has 4 heteroatoms. The van der Waals surface area contributed by atoms with Crippen molar-refractivity contribution in [1.29, 1.82) is 0 Å². The van der Waals surface area contributed by atoms with Crippen LogP contribution in [0.1, 0.15) is 6.42 Å². The molecule has 3 aromatic carbocycles. The molecule has 0 amide bonds. The molecule has 1 aliphatic rings. The van der Waals surface area contributed by atoms with Gasteiger partial charge in [0, 0.05) is 5.02 Å². The molecule has 0 saturated heterocycles. The van der Waals surface area contributed by atoms with Crippen LogP contribution in [0.15, 0.2) is 78.9 Å². The molecule has 0 atom stereocenters. The van der Waals surface area contributed by atoms with Crippen molar-refractivity contribution >= 4 is 22.4 Å². The molecule has 0 saturated carbocycles. The molecule has 0 radical (unpaired) electrons. The summed E-state index contributed by atoms with van der Waals surface area (Å²) in [6.07, 6.45) is 10.0. The Labute approximate surface area is 179 Å². The summed E-state index contributed by atoms with van der Waals surface area (Å²) < 4.78 is 0.